The molecule has 0 aromatic rings. The average molecular weight is 341 g/mol. The number of aliphatic hydroxyl groups excluding tert-OH is 3. The van der Waals surface area contributed by atoms with Crippen LogP contribution in [-0.2, 0) is 0 Å². The summed E-state index contributed by atoms with van der Waals surface area (Å²) in [5.74, 6) is 0.886. The third kappa shape index (κ3) is 3.07. The topological polar surface area (TPSA) is 80.9 Å². The summed E-state index contributed by atoms with van der Waals surface area (Å²) >= 11 is 0. The van der Waals surface area contributed by atoms with Gasteiger partial charge in [0.25, 0.3) is 0 Å². The first-order valence-electron chi connectivity index (χ1n) is 9.43. The Bertz CT molecular complexity index is 472. The zero-order valence-corrected chi connectivity index (χ0v) is 15.8. The van der Waals surface area contributed by atoms with Crippen molar-refractivity contribution in [1.82, 2.24) is 0 Å². The molecule has 2 fully saturated rings. The van der Waals surface area contributed by atoms with Gasteiger partial charge in [-0.2, -0.15) is 0 Å². The first kappa shape index (κ1) is 19.9. The van der Waals surface area contributed by atoms with Gasteiger partial charge in [0.2, 0.25) is 0 Å². The second kappa shape index (κ2) is 7.06. The monoisotopic (exact) mass is 340 g/mol. The summed E-state index contributed by atoms with van der Waals surface area (Å²) in [6.45, 7) is 8.54. The molecule has 140 valence electrons. The predicted octanol–water partition coefficient (Wildman–Crippen LogP) is 2.64. The standard InChI is InChI=1S/C20H36O4/c1-14-7-11-19(3)16(5-6-17(23)20(19,4)24)18(14,2)10-8-15(13-22)9-12-21/h9,14,16-17,21-24H,5-8,10-13H2,1-4H3/b15-9-/t14-,16-,17-,18+,19-,20+/m1/s1. The van der Waals surface area contributed by atoms with Crippen molar-refractivity contribution in [3.63, 3.8) is 0 Å². The van der Waals surface area contributed by atoms with Crippen LogP contribution in [0.1, 0.15) is 66.2 Å². The van der Waals surface area contributed by atoms with Crippen LogP contribution in [0.25, 0.3) is 0 Å². The van der Waals surface area contributed by atoms with E-state index in [1.54, 1.807) is 6.08 Å². The Morgan fingerprint density at radius 3 is 2.38 bits per heavy atom. The van der Waals surface area contributed by atoms with E-state index in [-0.39, 0.29) is 24.0 Å². The summed E-state index contributed by atoms with van der Waals surface area (Å²) < 4.78 is 0. The third-order valence-electron chi connectivity index (χ3n) is 7.89. The average Bonchev–Trinajstić information content (AvgIpc) is 2.53. The summed E-state index contributed by atoms with van der Waals surface area (Å²) in [4.78, 5) is 0. The van der Waals surface area contributed by atoms with Crippen molar-refractivity contribution in [2.45, 2.75) is 77.9 Å². The molecule has 0 radical (unpaired) electrons. The molecule has 0 spiro atoms. The molecule has 0 unspecified atom stereocenters. The lowest BCUT2D eigenvalue weighted by Gasteiger charge is -2.64. The molecule has 4 heteroatoms. The van der Waals surface area contributed by atoms with Gasteiger partial charge in [-0.1, -0.05) is 26.8 Å². The van der Waals surface area contributed by atoms with Crippen LogP contribution >= 0.6 is 0 Å². The number of hydrogen-bond acceptors (Lipinski definition) is 4. The number of rotatable bonds is 5. The van der Waals surface area contributed by atoms with Gasteiger partial charge in [0.15, 0.2) is 0 Å². The Labute approximate surface area is 146 Å². The fraction of sp³-hybridized carbons (Fsp3) is 0.900. The summed E-state index contributed by atoms with van der Waals surface area (Å²) in [6.07, 6.45) is 6.34. The first-order valence-corrected chi connectivity index (χ1v) is 9.43. The van der Waals surface area contributed by atoms with E-state index in [0.717, 1.165) is 37.7 Å². The van der Waals surface area contributed by atoms with Gasteiger partial charge in [-0.25, -0.2) is 0 Å². The minimum atomic E-state index is -1.06. The Morgan fingerprint density at radius 2 is 1.79 bits per heavy atom. The minimum Gasteiger partial charge on any atom is -0.392 e. The molecule has 4 N–H and O–H groups in total. The van der Waals surface area contributed by atoms with Crippen molar-refractivity contribution in [2.75, 3.05) is 13.2 Å². The van der Waals surface area contributed by atoms with E-state index >= 15 is 0 Å². The Morgan fingerprint density at radius 1 is 1.12 bits per heavy atom. The molecule has 2 aliphatic carbocycles. The molecule has 2 aliphatic rings. The summed E-state index contributed by atoms with van der Waals surface area (Å²) in [6, 6.07) is 0. The van der Waals surface area contributed by atoms with E-state index in [1.807, 2.05) is 6.92 Å². The zero-order chi connectivity index (χ0) is 18.2. The second-order valence-electron chi connectivity index (χ2n) is 8.86. The lowest BCUT2D eigenvalue weighted by atomic mass is 9.43. The maximum Gasteiger partial charge on any atom is 0.0933 e. The van der Waals surface area contributed by atoms with Crippen LogP contribution in [0.4, 0.5) is 0 Å². The number of hydrogen-bond donors (Lipinski definition) is 4. The number of aliphatic hydroxyl groups is 4. The molecule has 0 saturated heterocycles. The molecule has 2 saturated carbocycles. The second-order valence-corrected chi connectivity index (χ2v) is 8.86. The molecule has 0 aliphatic heterocycles. The molecule has 0 amide bonds. The Balaban J connectivity index is 2.29. The Hall–Kier alpha value is -0.420. The van der Waals surface area contributed by atoms with E-state index in [4.69, 9.17) is 5.11 Å². The highest BCUT2D eigenvalue weighted by molar-refractivity contribution is 5.13. The summed E-state index contributed by atoms with van der Waals surface area (Å²) in [7, 11) is 0. The lowest BCUT2D eigenvalue weighted by Crippen LogP contribution is -2.65. The number of fused-ring (bicyclic) bond motifs is 1. The maximum atomic E-state index is 11.1. The van der Waals surface area contributed by atoms with Crippen molar-refractivity contribution in [1.29, 1.82) is 0 Å². The highest BCUT2D eigenvalue weighted by atomic mass is 16.3. The van der Waals surface area contributed by atoms with Crippen LogP contribution in [0, 0.1) is 22.7 Å². The van der Waals surface area contributed by atoms with Crippen LogP contribution in [0.2, 0.25) is 0 Å². The highest BCUT2D eigenvalue weighted by Crippen LogP contribution is 2.64. The van der Waals surface area contributed by atoms with Crippen molar-refractivity contribution >= 4 is 0 Å². The van der Waals surface area contributed by atoms with Crippen LogP contribution in [-0.4, -0.2) is 45.3 Å². The fourth-order valence-corrected chi connectivity index (χ4v) is 5.56. The third-order valence-corrected chi connectivity index (χ3v) is 7.89. The van der Waals surface area contributed by atoms with Gasteiger partial charge in [-0.3, -0.25) is 0 Å². The van der Waals surface area contributed by atoms with Crippen LogP contribution < -0.4 is 0 Å². The molecule has 0 aromatic carbocycles. The smallest absolute Gasteiger partial charge is 0.0933 e. The van der Waals surface area contributed by atoms with E-state index in [2.05, 4.69) is 20.8 Å². The van der Waals surface area contributed by atoms with Gasteiger partial charge >= 0.3 is 0 Å². The molecular weight excluding hydrogens is 304 g/mol. The van der Waals surface area contributed by atoms with Gasteiger partial charge in [-0.15, -0.1) is 0 Å². The normalized spacial score (nSPS) is 46.7. The van der Waals surface area contributed by atoms with Crippen molar-refractivity contribution in [3.8, 4) is 0 Å². The molecule has 2 rings (SSSR count). The van der Waals surface area contributed by atoms with E-state index < -0.39 is 11.7 Å². The molecule has 24 heavy (non-hydrogen) atoms. The largest absolute Gasteiger partial charge is 0.392 e. The van der Waals surface area contributed by atoms with Gasteiger partial charge in [0.05, 0.1) is 24.9 Å². The Kier molecular flexibility index (Phi) is 5.86. The predicted molar refractivity (Wildman–Crippen MR) is 95.5 cm³/mol. The van der Waals surface area contributed by atoms with Crippen molar-refractivity contribution in [2.24, 2.45) is 22.7 Å². The van der Waals surface area contributed by atoms with E-state index in [0.29, 0.717) is 18.3 Å². The quantitative estimate of drug-likeness (QED) is 0.580. The van der Waals surface area contributed by atoms with Gasteiger partial charge in [0, 0.05) is 5.41 Å². The molecule has 6 atom stereocenters. The van der Waals surface area contributed by atoms with Crippen LogP contribution in [0.15, 0.2) is 11.6 Å². The van der Waals surface area contributed by atoms with Crippen molar-refractivity contribution in [3.05, 3.63) is 11.6 Å². The van der Waals surface area contributed by atoms with E-state index in [9.17, 15) is 15.3 Å². The fourth-order valence-electron chi connectivity index (χ4n) is 5.56. The summed E-state index contributed by atoms with van der Waals surface area (Å²) in [5, 5.41) is 40.1. The van der Waals surface area contributed by atoms with Crippen LogP contribution in [0.3, 0.4) is 0 Å². The van der Waals surface area contributed by atoms with Crippen molar-refractivity contribution < 1.29 is 20.4 Å². The first-order chi connectivity index (χ1) is 11.1. The maximum absolute atomic E-state index is 11.1. The molecule has 0 aromatic heterocycles. The molecule has 0 heterocycles. The lowest BCUT2D eigenvalue weighted by molar-refractivity contribution is -0.235. The van der Waals surface area contributed by atoms with E-state index in [1.165, 1.54) is 0 Å². The molecular formula is C20H36O4. The van der Waals surface area contributed by atoms with Gasteiger partial charge < -0.3 is 20.4 Å². The molecule has 0 bridgehead atoms. The SMILES string of the molecule is C[C@@H]1CC[C@]2(C)[C@H](CC[C@@H](O)[C@]2(C)O)[C@@]1(C)CC/C(=C/CO)CO. The van der Waals surface area contributed by atoms with Gasteiger partial charge in [-0.05, 0) is 68.3 Å². The van der Waals surface area contributed by atoms with Gasteiger partial charge in [0.1, 0.15) is 0 Å². The molecule has 4 nitrogen and oxygen atoms in total. The minimum absolute atomic E-state index is 0.0105. The highest BCUT2D eigenvalue weighted by Gasteiger charge is 2.62. The zero-order valence-electron chi connectivity index (χ0n) is 15.8. The van der Waals surface area contributed by atoms with Crippen LogP contribution in [0.5, 0.6) is 0 Å². The summed E-state index contributed by atoms with van der Waals surface area (Å²) in [5.41, 5.74) is -0.397.